The fourth-order valence-electron chi connectivity index (χ4n) is 1.57. The molecule has 0 heterocycles. The zero-order valence-electron chi connectivity index (χ0n) is 11.2. The first-order valence-electron chi connectivity index (χ1n) is 5.92. The average molecular weight is 302 g/mol. The molecule has 1 rings (SSSR count). The van der Waals surface area contributed by atoms with E-state index in [0.717, 1.165) is 0 Å². The molecule has 1 aromatic rings. The van der Waals surface area contributed by atoms with Crippen molar-refractivity contribution in [1.29, 1.82) is 0 Å². The highest BCUT2D eigenvalue weighted by atomic mass is 32.2. The molecule has 0 aliphatic carbocycles. The van der Waals surface area contributed by atoms with E-state index in [4.69, 9.17) is 5.11 Å². The second-order valence-electron chi connectivity index (χ2n) is 4.52. The maximum Gasteiger partial charge on any atom is 0.335 e. The van der Waals surface area contributed by atoms with Crippen molar-refractivity contribution in [3.05, 3.63) is 29.3 Å². The van der Waals surface area contributed by atoms with Crippen LogP contribution in [-0.4, -0.2) is 36.2 Å². The van der Waals surface area contributed by atoms with Crippen LogP contribution >= 0.6 is 11.8 Å². The number of rotatable bonds is 6. The number of carbonyl (C=O) groups is 1. The van der Waals surface area contributed by atoms with Crippen molar-refractivity contribution in [2.45, 2.75) is 30.9 Å². The van der Waals surface area contributed by atoms with E-state index in [-0.39, 0.29) is 16.2 Å². The molecule has 0 atom stereocenters. The monoisotopic (exact) mass is 302 g/mol. The Labute approximate surface area is 118 Å². The maximum atomic E-state index is 12.2. The van der Waals surface area contributed by atoms with Gasteiger partial charge in [-0.2, -0.15) is 11.8 Å². The highest BCUT2D eigenvalue weighted by Crippen LogP contribution is 2.20. The lowest BCUT2D eigenvalue weighted by molar-refractivity contribution is 0.0696. The number of aryl methyl sites for hydroxylation is 1. The van der Waals surface area contributed by atoms with E-state index in [1.807, 2.05) is 13.8 Å². The van der Waals surface area contributed by atoms with Crippen molar-refractivity contribution in [3.63, 3.8) is 0 Å². The van der Waals surface area contributed by atoms with Crippen molar-refractivity contribution in [2.24, 2.45) is 0 Å². The molecule has 0 unspecified atom stereocenters. The molecule has 19 heavy (non-hydrogen) atoms. The van der Waals surface area contributed by atoms with Crippen LogP contribution in [0.3, 0.4) is 0 Å². The summed E-state index contributed by atoms with van der Waals surface area (Å²) in [4.78, 5) is 11.0. The molecule has 0 amide bonds. The summed E-state index contributed by atoms with van der Waals surface area (Å²) in [7, 11) is -3.43. The van der Waals surface area contributed by atoms with Crippen molar-refractivity contribution < 1.29 is 18.3 Å². The molecular formula is C13H18O4S2. The highest BCUT2D eigenvalue weighted by molar-refractivity contribution is 8.01. The Morgan fingerprint density at radius 1 is 1.37 bits per heavy atom. The van der Waals surface area contributed by atoms with Crippen LogP contribution in [0.4, 0.5) is 0 Å². The maximum absolute atomic E-state index is 12.2. The molecule has 0 aromatic heterocycles. The quantitative estimate of drug-likeness (QED) is 0.874. The molecule has 0 bridgehead atoms. The Morgan fingerprint density at radius 3 is 2.53 bits per heavy atom. The Kier molecular flexibility index (Phi) is 5.43. The van der Waals surface area contributed by atoms with Crippen LogP contribution in [0.2, 0.25) is 0 Å². The molecule has 4 nitrogen and oxygen atoms in total. The van der Waals surface area contributed by atoms with Crippen LogP contribution < -0.4 is 0 Å². The van der Waals surface area contributed by atoms with Gasteiger partial charge < -0.3 is 5.11 Å². The second-order valence-corrected chi connectivity index (χ2v) is 8.29. The fourth-order valence-corrected chi connectivity index (χ4v) is 4.39. The summed E-state index contributed by atoms with van der Waals surface area (Å²) >= 11 is 1.57. The Hall–Kier alpha value is -1.01. The summed E-state index contributed by atoms with van der Waals surface area (Å²) in [5, 5.41) is 9.29. The number of aromatic carboxylic acids is 1. The van der Waals surface area contributed by atoms with Crippen molar-refractivity contribution >= 4 is 27.6 Å². The topological polar surface area (TPSA) is 71.4 Å². The SMILES string of the molecule is Cc1ccc(C(=O)O)cc1S(=O)(=O)CCSC(C)C. The summed E-state index contributed by atoms with van der Waals surface area (Å²) in [6, 6.07) is 4.19. The Balaban J connectivity index is 3.00. The first kappa shape index (κ1) is 16.0. The molecule has 0 fully saturated rings. The number of benzene rings is 1. The Bertz CT molecular complexity index is 562. The predicted molar refractivity (Wildman–Crippen MR) is 77.8 cm³/mol. The first-order valence-corrected chi connectivity index (χ1v) is 8.62. The third-order valence-electron chi connectivity index (χ3n) is 2.57. The Morgan fingerprint density at radius 2 is 2.00 bits per heavy atom. The van der Waals surface area contributed by atoms with Gasteiger partial charge in [0, 0.05) is 5.75 Å². The van der Waals surface area contributed by atoms with Crippen LogP contribution in [0.1, 0.15) is 29.8 Å². The van der Waals surface area contributed by atoms with E-state index < -0.39 is 15.8 Å². The normalized spacial score (nSPS) is 11.8. The van der Waals surface area contributed by atoms with E-state index in [9.17, 15) is 13.2 Å². The lowest BCUT2D eigenvalue weighted by Crippen LogP contribution is -2.12. The van der Waals surface area contributed by atoms with Crippen LogP contribution in [-0.2, 0) is 9.84 Å². The zero-order valence-corrected chi connectivity index (χ0v) is 12.8. The zero-order chi connectivity index (χ0) is 14.6. The number of carboxylic acids is 1. The lowest BCUT2D eigenvalue weighted by atomic mass is 10.1. The van der Waals surface area contributed by atoms with Crippen LogP contribution in [0.5, 0.6) is 0 Å². The van der Waals surface area contributed by atoms with Gasteiger partial charge in [-0.25, -0.2) is 13.2 Å². The predicted octanol–water partition coefficient (Wildman–Crippen LogP) is 2.61. The van der Waals surface area contributed by atoms with E-state index in [1.165, 1.54) is 18.2 Å². The summed E-state index contributed by atoms with van der Waals surface area (Å²) in [6.07, 6.45) is 0. The van der Waals surface area contributed by atoms with E-state index in [2.05, 4.69) is 0 Å². The minimum absolute atomic E-state index is 0.000637. The molecule has 0 spiro atoms. The molecular weight excluding hydrogens is 284 g/mol. The van der Waals surface area contributed by atoms with Gasteiger partial charge in [-0.05, 0) is 29.9 Å². The van der Waals surface area contributed by atoms with Crippen molar-refractivity contribution in [3.8, 4) is 0 Å². The van der Waals surface area contributed by atoms with E-state index in [1.54, 1.807) is 18.7 Å². The minimum atomic E-state index is -3.43. The molecule has 1 aromatic carbocycles. The largest absolute Gasteiger partial charge is 0.478 e. The van der Waals surface area contributed by atoms with Crippen molar-refractivity contribution in [1.82, 2.24) is 0 Å². The number of hydrogen-bond acceptors (Lipinski definition) is 4. The summed E-state index contributed by atoms with van der Waals surface area (Å²) in [5.74, 6) is -0.579. The number of carboxylic acid groups (broad SMARTS) is 1. The van der Waals surface area contributed by atoms with Crippen LogP contribution in [0.25, 0.3) is 0 Å². The highest BCUT2D eigenvalue weighted by Gasteiger charge is 2.19. The van der Waals surface area contributed by atoms with Crippen molar-refractivity contribution in [2.75, 3.05) is 11.5 Å². The average Bonchev–Trinajstić information content (AvgIpc) is 2.28. The number of sulfone groups is 1. The molecule has 0 aliphatic heterocycles. The summed E-state index contributed by atoms with van der Waals surface area (Å²) in [6.45, 7) is 5.69. The van der Waals surface area contributed by atoms with Gasteiger partial charge in [-0.1, -0.05) is 19.9 Å². The van der Waals surface area contributed by atoms with Gasteiger partial charge in [0.1, 0.15) is 0 Å². The third-order valence-corrected chi connectivity index (χ3v) is 5.79. The number of thioether (sulfide) groups is 1. The molecule has 0 radical (unpaired) electrons. The first-order chi connectivity index (χ1) is 8.74. The summed E-state index contributed by atoms with van der Waals surface area (Å²) in [5.41, 5.74) is 0.584. The second kappa shape index (κ2) is 6.43. The molecule has 1 N–H and O–H groups in total. The standard InChI is InChI=1S/C13H18O4S2/c1-9(2)18-6-7-19(16,17)12-8-11(13(14)15)5-4-10(12)3/h4-5,8-9H,6-7H2,1-3H3,(H,14,15). The molecule has 0 saturated heterocycles. The van der Waals surface area contributed by atoms with Gasteiger partial charge >= 0.3 is 5.97 Å². The summed E-state index contributed by atoms with van der Waals surface area (Å²) < 4.78 is 24.4. The smallest absolute Gasteiger partial charge is 0.335 e. The minimum Gasteiger partial charge on any atom is -0.478 e. The van der Waals surface area contributed by atoms with Crippen LogP contribution in [0, 0.1) is 6.92 Å². The third kappa shape index (κ3) is 4.54. The van der Waals surface area contributed by atoms with Gasteiger partial charge in [0.05, 0.1) is 16.2 Å². The van der Waals surface area contributed by atoms with E-state index in [0.29, 0.717) is 16.6 Å². The molecule has 0 saturated carbocycles. The van der Waals surface area contributed by atoms with E-state index >= 15 is 0 Å². The molecule has 106 valence electrons. The molecule has 0 aliphatic rings. The lowest BCUT2D eigenvalue weighted by Gasteiger charge is -2.09. The number of hydrogen-bond donors (Lipinski definition) is 1. The van der Waals surface area contributed by atoms with Gasteiger partial charge in [0.2, 0.25) is 0 Å². The van der Waals surface area contributed by atoms with Gasteiger partial charge in [-0.15, -0.1) is 0 Å². The fraction of sp³-hybridized carbons (Fsp3) is 0.462. The van der Waals surface area contributed by atoms with Gasteiger partial charge in [0.15, 0.2) is 9.84 Å². The molecule has 6 heteroatoms. The van der Waals surface area contributed by atoms with Gasteiger partial charge in [-0.3, -0.25) is 0 Å². The van der Waals surface area contributed by atoms with Crippen LogP contribution in [0.15, 0.2) is 23.1 Å². The van der Waals surface area contributed by atoms with Gasteiger partial charge in [0.25, 0.3) is 0 Å².